The minimum absolute atomic E-state index is 0.0425. The fourth-order valence-corrected chi connectivity index (χ4v) is 4.12. The largest absolute Gasteiger partial charge is 0.448 e. The number of rotatable bonds is 4. The lowest BCUT2D eigenvalue weighted by atomic mass is 9.94. The van der Waals surface area contributed by atoms with Crippen LogP contribution in [0.4, 0.5) is 4.79 Å². The third kappa shape index (κ3) is 3.57. The minimum Gasteiger partial charge on any atom is -0.448 e. The fourth-order valence-electron chi connectivity index (χ4n) is 4.12. The maximum Gasteiger partial charge on any atom is 0.409 e. The van der Waals surface area contributed by atoms with E-state index in [-0.39, 0.29) is 12.5 Å². The van der Waals surface area contributed by atoms with Gasteiger partial charge in [-0.1, -0.05) is 48.5 Å². The molecule has 0 unspecified atom stereocenters. The SMILES string of the molecule is CN(CC1(O)CCOCC1)C(=O)OCC1c2ccccc2-c2ccccc21. The molecule has 1 heterocycles. The van der Waals surface area contributed by atoms with E-state index in [4.69, 9.17) is 9.47 Å². The highest BCUT2D eigenvalue weighted by atomic mass is 16.6. The van der Waals surface area contributed by atoms with Crippen LogP contribution in [0.5, 0.6) is 0 Å². The van der Waals surface area contributed by atoms with Crippen molar-refractivity contribution in [3.63, 3.8) is 0 Å². The predicted molar refractivity (Wildman–Crippen MR) is 103 cm³/mol. The number of hydrogen-bond acceptors (Lipinski definition) is 4. The first-order chi connectivity index (χ1) is 13.1. The first kappa shape index (κ1) is 18.0. The molecule has 5 heteroatoms. The molecule has 2 aromatic carbocycles. The van der Waals surface area contributed by atoms with E-state index in [1.165, 1.54) is 27.2 Å². The molecule has 1 aliphatic carbocycles. The van der Waals surface area contributed by atoms with Gasteiger partial charge in [-0.05, 0) is 22.3 Å². The molecule has 0 atom stereocenters. The lowest BCUT2D eigenvalue weighted by Gasteiger charge is -2.35. The molecule has 1 fully saturated rings. The Morgan fingerprint density at radius 1 is 1.11 bits per heavy atom. The quantitative estimate of drug-likeness (QED) is 0.900. The second kappa shape index (κ2) is 7.33. The molecule has 1 amide bonds. The number of likely N-dealkylation sites (N-methyl/N-ethyl adjacent to an activating group) is 1. The van der Waals surface area contributed by atoms with Crippen LogP contribution < -0.4 is 0 Å². The lowest BCUT2D eigenvalue weighted by Crippen LogP contribution is -2.47. The lowest BCUT2D eigenvalue weighted by molar-refractivity contribution is -0.0752. The molecule has 1 N–H and O–H groups in total. The van der Waals surface area contributed by atoms with Gasteiger partial charge in [0.25, 0.3) is 0 Å². The van der Waals surface area contributed by atoms with Crippen LogP contribution in [0.3, 0.4) is 0 Å². The predicted octanol–water partition coefficient (Wildman–Crippen LogP) is 3.41. The summed E-state index contributed by atoms with van der Waals surface area (Å²) in [6, 6.07) is 16.5. The van der Waals surface area contributed by atoms with E-state index in [0.29, 0.717) is 32.7 Å². The van der Waals surface area contributed by atoms with Gasteiger partial charge in [0.2, 0.25) is 0 Å². The molecule has 0 aromatic heterocycles. The second-order valence-corrected chi connectivity index (χ2v) is 7.50. The Labute approximate surface area is 159 Å². The number of ether oxygens (including phenoxy) is 2. The van der Waals surface area contributed by atoms with Crippen molar-refractivity contribution in [2.45, 2.75) is 24.4 Å². The number of amides is 1. The van der Waals surface area contributed by atoms with Gasteiger partial charge in [-0.15, -0.1) is 0 Å². The standard InChI is InChI=1S/C22H25NO4/c1-23(15-22(25)10-12-26-13-11-22)21(24)27-14-20-18-8-4-2-6-16(18)17-7-3-5-9-19(17)20/h2-9,20,25H,10-15H2,1H3. The normalized spacial score (nSPS) is 17.9. The Bertz CT molecular complexity index is 783. The number of carbonyl (C=O) groups excluding carboxylic acids is 1. The van der Waals surface area contributed by atoms with E-state index in [0.717, 1.165) is 0 Å². The number of fused-ring (bicyclic) bond motifs is 3. The highest BCUT2D eigenvalue weighted by Crippen LogP contribution is 2.44. The van der Waals surface area contributed by atoms with E-state index in [9.17, 15) is 9.90 Å². The molecular weight excluding hydrogens is 342 g/mol. The Morgan fingerprint density at radius 3 is 2.26 bits per heavy atom. The van der Waals surface area contributed by atoms with Gasteiger partial charge in [-0.2, -0.15) is 0 Å². The average molecular weight is 367 g/mol. The van der Waals surface area contributed by atoms with Crippen molar-refractivity contribution in [3.8, 4) is 11.1 Å². The van der Waals surface area contributed by atoms with Gasteiger partial charge in [0.1, 0.15) is 6.61 Å². The van der Waals surface area contributed by atoms with Crippen LogP contribution in [0.1, 0.15) is 29.9 Å². The number of nitrogens with zero attached hydrogens (tertiary/aromatic N) is 1. The van der Waals surface area contributed by atoms with Crippen LogP contribution in [0.15, 0.2) is 48.5 Å². The van der Waals surface area contributed by atoms with E-state index in [1.54, 1.807) is 7.05 Å². The van der Waals surface area contributed by atoms with Gasteiger partial charge in [-0.25, -0.2) is 4.79 Å². The Morgan fingerprint density at radius 2 is 1.67 bits per heavy atom. The van der Waals surface area contributed by atoms with Crippen molar-refractivity contribution in [3.05, 3.63) is 59.7 Å². The molecular formula is C22H25NO4. The molecule has 0 radical (unpaired) electrons. The molecule has 2 aliphatic rings. The Hall–Kier alpha value is -2.37. The summed E-state index contributed by atoms with van der Waals surface area (Å²) in [7, 11) is 1.67. The maximum absolute atomic E-state index is 12.5. The van der Waals surface area contributed by atoms with Crippen LogP contribution in [0.25, 0.3) is 11.1 Å². The summed E-state index contributed by atoms with van der Waals surface area (Å²) in [5.74, 6) is 0.0425. The molecule has 1 aliphatic heterocycles. The van der Waals surface area contributed by atoms with Crippen LogP contribution >= 0.6 is 0 Å². The first-order valence-corrected chi connectivity index (χ1v) is 9.44. The third-order valence-corrected chi connectivity index (χ3v) is 5.60. The van der Waals surface area contributed by atoms with Crippen molar-refractivity contribution in [2.24, 2.45) is 0 Å². The maximum atomic E-state index is 12.5. The monoisotopic (exact) mass is 367 g/mol. The van der Waals surface area contributed by atoms with Crippen LogP contribution in [-0.2, 0) is 9.47 Å². The van der Waals surface area contributed by atoms with Crippen LogP contribution in [0, 0.1) is 0 Å². The van der Waals surface area contributed by atoms with Gasteiger partial charge in [0.05, 0.1) is 12.1 Å². The first-order valence-electron chi connectivity index (χ1n) is 9.44. The van der Waals surface area contributed by atoms with Gasteiger partial charge in [-0.3, -0.25) is 0 Å². The number of benzene rings is 2. The highest BCUT2D eigenvalue weighted by molar-refractivity contribution is 5.79. The molecule has 27 heavy (non-hydrogen) atoms. The van der Waals surface area contributed by atoms with Crippen molar-refractivity contribution < 1.29 is 19.4 Å². The van der Waals surface area contributed by atoms with E-state index in [2.05, 4.69) is 24.3 Å². The topological polar surface area (TPSA) is 59.0 Å². The summed E-state index contributed by atoms with van der Waals surface area (Å²) in [6.45, 7) is 1.59. The highest BCUT2D eigenvalue weighted by Gasteiger charge is 2.34. The molecule has 0 saturated carbocycles. The molecule has 0 bridgehead atoms. The summed E-state index contributed by atoms with van der Waals surface area (Å²) in [4.78, 5) is 14.0. The molecule has 5 nitrogen and oxygen atoms in total. The van der Waals surface area contributed by atoms with Gasteiger partial charge >= 0.3 is 6.09 Å². The van der Waals surface area contributed by atoms with Gasteiger partial charge in [0.15, 0.2) is 0 Å². The smallest absolute Gasteiger partial charge is 0.409 e. The van der Waals surface area contributed by atoms with Crippen LogP contribution in [-0.4, -0.2) is 55.1 Å². The average Bonchev–Trinajstić information content (AvgIpc) is 3.00. The van der Waals surface area contributed by atoms with E-state index in [1.807, 2.05) is 24.3 Å². The van der Waals surface area contributed by atoms with E-state index >= 15 is 0 Å². The number of carbonyl (C=O) groups is 1. The summed E-state index contributed by atoms with van der Waals surface area (Å²) in [5.41, 5.74) is 3.91. The Balaban J connectivity index is 1.43. The zero-order chi connectivity index (χ0) is 18.9. The molecule has 1 saturated heterocycles. The number of aliphatic hydroxyl groups is 1. The zero-order valence-corrected chi connectivity index (χ0v) is 15.6. The van der Waals surface area contributed by atoms with Crippen molar-refractivity contribution in [1.29, 1.82) is 0 Å². The number of hydrogen-bond donors (Lipinski definition) is 1. The molecule has 4 rings (SSSR count). The summed E-state index contributed by atoms with van der Waals surface area (Å²) in [5, 5.41) is 10.6. The Kier molecular flexibility index (Phi) is 4.89. The van der Waals surface area contributed by atoms with Gasteiger partial charge < -0.3 is 19.5 Å². The zero-order valence-electron chi connectivity index (χ0n) is 15.6. The second-order valence-electron chi connectivity index (χ2n) is 7.50. The minimum atomic E-state index is -0.890. The van der Waals surface area contributed by atoms with E-state index < -0.39 is 11.7 Å². The third-order valence-electron chi connectivity index (χ3n) is 5.60. The summed E-state index contributed by atoms with van der Waals surface area (Å²) < 4.78 is 10.9. The fraction of sp³-hybridized carbons (Fsp3) is 0.409. The molecule has 2 aromatic rings. The van der Waals surface area contributed by atoms with Crippen molar-refractivity contribution >= 4 is 6.09 Å². The summed E-state index contributed by atoms with van der Waals surface area (Å²) in [6.07, 6.45) is 0.666. The summed E-state index contributed by atoms with van der Waals surface area (Å²) >= 11 is 0. The molecule has 142 valence electrons. The molecule has 0 spiro atoms. The van der Waals surface area contributed by atoms with Crippen molar-refractivity contribution in [1.82, 2.24) is 4.90 Å². The van der Waals surface area contributed by atoms with Crippen LogP contribution in [0.2, 0.25) is 0 Å². The van der Waals surface area contributed by atoms with Gasteiger partial charge in [0, 0.05) is 39.0 Å². The van der Waals surface area contributed by atoms with Crippen molar-refractivity contribution in [2.75, 3.05) is 33.4 Å².